The molecule has 1 aromatic heterocycles. The summed E-state index contributed by atoms with van der Waals surface area (Å²) in [5.41, 5.74) is 3.10. The number of aromatic nitrogens is 1. The molecule has 33 heavy (non-hydrogen) atoms. The van der Waals surface area contributed by atoms with E-state index >= 15 is 0 Å². The zero-order valence-electron chi connectivity index (χ0n) is 19.2. The van der Waals surface area contributed by atoms with Crippen LogP contribution in [-0.2, 0) is 6.42 Å². The number of Topliss-reactive ketones (excluding diaryl/α,β-unsaturated/α-hetero) is 1. The number of aryl methyl sites for hydroxylation is 1. The van der Waals surface area contributed by atoms with Gasteiger partial charge < -0.3 is 19.4 Å². The molecule has 174 valence electrons. The van der Waals surface area contributed by atoms with Crippen LogP contribution in [0.25, 0.3) is 10.8 Å². The molecule has 0 atom stereocenters. The summed E-state index contributed by atoms with van der Waals surface area (Å²) in [5.74, 6) is 1.88. The molecule has 0 bridgehead atoms. The van der Waals surface area contributed by atoms with E-state index in [1.54, 1.807) is 19.2 Å². The van der Waals surface area contributed by atoms with Crippen molar-refractivity contribution in [1.29, 1.82) is 0 Å². The molecule has 5 nitrogen and oxygen atoms in total. The van der Waals surface area contributed by atoms with Crippen molar-refractivity contribution in [2.45, 2.75) is 44.4 Å². The number of nitrogens with one attached hydrogen (secondary N) is 1. The van der Waals surface area contributed by atoms with Gasteiger partial charge in [-0.05, 0) is 81.1 Å². The third kappa shape index (κ3) is 4.62. The molecule has 2 aromatic carbocycles. The molecule has 3 aromatic rings. The molecule has 1 saturated heterocycles. The maximum absolute atomic E-state index is 13.5. The molecule has 2 aliphatic rings. The molecule has 0 saturated carbocycles. The Balaban J connectivity index is 1.11. The molecule has 6 heteroatoms. The molecule has 1 aliphatic heterocycles. The van der Waals surface area contributed by atoms with Crippen LogP contribution in [0.4, 0.5) is 4.39 Å². The van der Waals surface area contributed by atoms with E-state index < -0.39 is 0 Å². The van der Waals surface area contributed by atoms with Gasteiger partial charge in [-0.25, -0.2) is 4.39 Å². The molecule has 0 unspecified atom stereocenters. The smallest absolute Gasteiger partial charge is 0.163 e. The van der Waals surface area contributed by atoms with Crippen molar-refractivity contribution in [2.24, 2.45) is 0 Å². The summed E-state index contributed by atoms with van der Waals surface area (Å²) in [6.07, 6.45) is 7.49. The second-order valence-corrected chi connectivity index (χ2v) is 9.19. The number of hydrogen-bond donors (Lipinski definition) is 1. The Hall–Kier alpha value is -2.86. The van der Waals surface area contributed by atoms with E-state index in [0.29, 0.717) is 24.7 Å². The predicted molar refractivity (Wildman–Crippen MR) is 127 cm³/mol. The van der Waals surface area contributed by atoms with E-state index in [9.17, 15) is 9.18 Å². The van der Waals surface area contributed by atoms with E-state index in [4.69, 9.17) is 9.47 Å². The van der Waals surface area contributed by atoms with Crippen molar-refractivity contribution in [3.8, 4) is 11.5 Å². The van der Waals surface area contributed by atoms with Gasteiger partial charge in [0.05, 0.1) is 13.7 Å². The number of aromatic amines is 1. The van der Waals surface area contributed by atoms with Gasteiger partial charge in [-0.1, -0.05) is 0 Å². The summed E-state index contributed by atoms with van der Waals surface area (Å²) in [6, 6.07) is 8.87. The van der Waals surface area contributed by atoms with Crippen molar-refractivity contribution in [1.82, 2.24) is 9.88 Å². The molecule has 0 radical (unpaired) electrons. The normalized spacial score (nSPS) is 17.3. The van der Waals surface area contributed by atoms with E-state index in [0.717, 1.165) is 79.4 Å². The van der Waals surface area contributed by atoms with Crippen molar-refractivity contribution in [3.05, 3.63) is 59.2 Å². The Morgan fingerprint density at radius 1 is 1.12 bits per heavy atom. The first-order valence-corrected chi connectivity index (χ1v) is 12.0. The van der Waals surface area contributed by atoms with Crippen LogP contribution < -0.4 is 9.47 Å². The fourth-order valence-corrected chi connectivity index (χ4v) is 5.30. The Morgan fingerprint density at radius 3 is 2.79 bits per heavy atom. The lowest BCUT2D eigenvalue weighted by Crippen LogP contribution is -2.34. The highest BCUT2D eigenvalue weighted by atomic mass is 19.1. The summed E-state index contributed by atoms with van der Waals surface area (Å²) in [5, 5.41) is 2.09. The third-order valence-electron chi connectivity index (χ3n) is 7.10. The van der Waals surface area contributed by atoms with E-state index in [1.165, 1.54) is 5.69 Å². The van der Waals surface area contributed by atoms with Crippen molar-refractivity contribution in [3.63, 3.8) is 0 Å². The molecule has 5 rings (SSSR count). The van der Waals surface area contributed by atoms with Crippen LogP contribution in [0.1, 0.15) is 59.6 Å². The number of carbonyl (C=O) groups is 1. The number of nitrogens with zero attached hydrogens (tertiary/aromatic N) is 1. The van der Waals surface area contributed by atoms with Gasteiger partial charge in [-0.3, -0.25) is 4.79 Å². The number of carbonyl (C=O) groups excluding carboxylic acids is 1. The quantitative estimate of drug-likeness (QED) is 0.484. The highest BCUT2D eigenvalue weighted by molar-refractivity contribution is 5.99. The fraction of sp³-hybridized carbons (Fsp3) is 0.444. The first-order chi connectivity index (χ1) is 16.1. The molecule has 1 fully saturated rings. The van der Waals surface area contributed by atoms with Crippen LogP contribution in [0, 0.1) is 5.82 Å². The number of benzene rings is 2. The number of ether oxygens (including phenoxy) is 2. The number of halogens is 1. The molecule has 0 spiro atoms. The second-order valence-electron chi connectivity index (χ2n) is 9.19. The van der Waals surface area contributed by atoms with Crippen molar-refractivity contribution < 1.29 is 18.7 Å². The Kier molecular flexibility index (Phi) is 6.36. The van der Waals surface area contributed by atoms with Crippen molar-refractivity contribution in [2.75, 3.05) is 33.4 Å². The lowest BCUT2D eigenvalue weighted by atomic mass is 9.90. The Labute approximate surface area is 193 Å². The highest BCUT2D eigenvalue weighted by Gasteiger charge is 2.23. The van der Waals surface area contributed by atoms with Crippen molar-refractivity contribution >= 4 is 16.6 Å². The molecule has 0 amide bonds. The first-order valence-electron chi connectivity index (χ1n) is 12.0. The van der Waals surface area contributed by atoms with Crippen LogP contribution in [0.3, 0.4) is 0 Å². The van der Waals surface area contributed by atoms with Crippen LogP contribution >= 0.6 is 0 Å². The molecule has 2 heterocycles. The minimum absolute atomic E-state index is 0.188. The van der Waals surface area contributed by atoms with Gasteiger partial charge in [0.15, 0.2) is 17.3 Å². The van der Waals surface area contributed by atoms with Gasteiger partial charge in [0.1, 0.15) is 5.82 Å². The average molecular weight is 451 g/mol. The number of methoxy groups -OCH3 is 1. The summed E-state index contributed by atoms with van der Waals surface area (Å²) in [4.78, 5) is 18.0. The second kappa shape index (κ2) is 9.56. The Bertz CT molecular complexity index is 1150. The molecular weight excluding hydrogens is 419 g/mol. The van der Waals surface area contributed by atoms with Crippen LogP contribution in [0.5, 0.6) is 11.5 Å². The molecular formula is C27H31FN2O3. The summed E-state index contributed by atoms with van der Waals surface area (Å²) in [7, 11) is 1.62. The van der Waals surface area contributed by atoms with Crippen LogP contribution in [0.15, 0.2) is 36.5 Å². The van der Waals surface area contributed by atoms with Gasteiger partial charge in [-0.15, -0.1) is 0 Å². The zero-order valence-corrected chi connectivity index (χ0v) is 19.2. The fourth-order valence-electron chi connectivity index (χ4n) is 5.30. The van der Waals surface area contributed by atoms with E-state index in [-0.39, 0.29) is 11.6 Å². The summed E-state index contributed by atoms with van der Waals surface area (Å²) in [6.45, 7) is 3.72. The van der Waals surface area contributed by atoms with E-state index in [1.807, 2.05) is 24.4 Å². The number of hydrogen-bond acceptors (Lipinski definition) is 4. The molecule has 1 N–H and O–H groups in total. The summed E-state index contributed by atoms with van der Waals surface area (Å²) < 4.78 is 25.0. The number of ketones is 1. The number of piperidine rings is 1. The number of fused-ring (bicyclic) bond motifs is 2. The van der Waals surface area contributed by atoms with Gasteiger partial charge >= 0.3 is 0 Å². The van der Waals surface area contributed by atoms with Gasteiger partial charge in [0.2, 0.25) is 0 Å². The minimum atomic E-state index is -0.188. The van der Waals surface area contributed by atoms with E-state index in [2.05, 4.69) is 9.88 Å². The standard InChI is InChI=1S/C27H31FN2O3/c1-32-25-16-23-19(4-2-5-24(23)31)15-26(25)33-13-3-10-30-11-8-18(9-12-30)27-22-7-6-21(28)14-20(22)17-29-27/h6-7,14-18,29H,2-5,8-13H2,1H3. The zero-order chi connectivity index (χ0) is 22.8. The number of H-pyrrole nitrogens is 1. The maximum Gasteiger partial charge on any atom is 0.163 e. The van der Waals surface area contributed by atoms with Gasteiger partial charge in [0, 0.05) is 47.1 Å². The third-order valence-corrected chi connectivity index (χ3v) is 7.10. The lowest BCUT2D eigenvalue weighted by molar-refractivity contribution is 0.0972. The molecule has 1 aliphatic carbocycles. The SMILES string of the molecule is COc1cc2c(cc1OCCCN1CCC(c3[nH]cc4cc(F)ccc34)CC1)CCCC2=O. The monoisotopic (exact) mass is 450 g/mol. The van der Waals surface area contributed by atoms with Crippen LogP contribution in [-0.4, -0.2) is 49.0 Å². The predicted octanol–water partition coefficient (Wildman–Crippen LogP) is 5.48. The largest absolute Gasteiger partial charge is 0.493 e. The summed E-state index contributed by atoms with van der Waals surface area (Å²) >= 11 is 0. The minimum Gasteiger partial charge on any atom is -0.493 e. The lowest BCUT2D eigenvalue weighted by Gasteiger charge is -2.31. The maximum atomic E-state index is 13.5. The number of rotatable bonds is 7. The topological polar surface area (TPSA) is 54.6 Å². The number of likely N-dealkylation sites (tertiary alicyclic amines) is 1. The average Bonchev–Trinajstić information content (AvgIpc) is 3.25. The Morgan fingerprint density at radius 2 is 1.97 bits per heavy atom. The first kappa shape index (κ1) is 22.0. The van der Waals surface area contributed by atoms with Gasteiger partial charge in [-0.2, -0.15) is 0 Å². The van der Waals surface area contributed by atoms with Crippen LogP contribution in [0.2, 0.25) is 0 Å². The highest BCUT2D eigenvalue weighted by Crippen LogP contribution is 2.35. The van der Waals surface area contributed by atoms with Gasteiger partial charge in [0.25, 0.3) is 0 Å².